The van der Waals surface area contributed by atoms with Crippen LogP contribution in [0.5, 0.6) is 0 Å². The lowest BCUT2D eigenvalue weighted by Crippen LogP contribution is -2.21. The average Bonchev–Trinajstić information content (AvgIpc) is 2.38. The molecule has 0 aliphatic rings. The topological polar surface area (TPSA) is 69.3 Å². The van der Waals surface area contributed by atoms with Crippen LogP contribution in [0.3, 0.4) is 0 Å². The van der Waals surface area contributed by atoms with Crippen molar-refractivity contribution in [3.05, 3.63) is 34.3 Å². The molecular formula is C9H9NO4S. The Morgan fingerprint density at radius 1 is 1.33 bits per heavy atom. The fourth-order valence-corrected chi connectivity index (χ4v) is 2.23. The molecule has 2 aromatic rings. The zero-order chi connectivity index (χ0) is 11.2. The Hall–Kier alpha value is -1.56. The van der Waals surface area contributed by atoms with Crippen LogP contribution in [0.15, 0.2) is 27.4 Å². The predicted molar refractivity (Wildman–Crippen MR) is 55.5 cm³/mol. The highest BCUT2D eigenvalue weighted by Gasteiger charge is 2.16. The number of aryl methyl sites for hydroxylation is 1. The smallest absolute Gasteiger partial charge is 0.407 e. The first kappa shape index (κ1) is 9.97. The predicted octanol–water partition coefficient (Wildman–Crippen LogP) is 0.711. The van der Waals surface area contributed by atoms with Crippen molar-refractivity contribution in [3.63, 3.8) is 0 Å². The van der Waals surface area contributed by atoms with Gasteiger partial charge in [0.1, 0.15) is 5.52 Å². The number of oxazole rings is 1. The largest absolute Gasteiger partial charge is 0.434 e. The summed E-state index contributed by atoms with van der Waals surface area (Å²) in [6.45, 7) is 1.81. The molecule has 0 bridgehead atoms. The molecule has 0 radical (unpaired) electrons. The fourth-order valence-electron chi connectivity index (χ4n) is 1.42. The van der Waals surface area contributed by atoms with E-state index in [9.17, 15) is 13.2 Å². The van der Waals surface area contributed by atoms with E-state index in [0.29, 0.717) is 3.97 Å². The minimum absolute atomic E-state index is 0.274. The monoisotopic (exact) mass is 227 g/mol. The number of rotatable bonds is 1. The molecule has 15 heavy (non-hydrogen) atoms. The number of hydrogen-bond acceptors (Lipinski definition) is 4. The molecule has 0 spiro atoms. The molecule has 0 fully saturated rings. The van der Waals surface area contributed by atoms with Crippen molar-refractivity contribution < 1.29 is 12.8 Å². The third kappa shape index (κ3) is 1.56. The average molecular weight is 227 g/mol. The zero-order valence-electron chi connectivity index (χ0n) is 8.22. The van der Waals surface area contributed by atoms with Gasteiger partial charge in [0.15, 0.2) is 5.58 Å². The highest BCUT2D eigenvalue weighted by Crippen LogP contribution is 2.15. The number of fused-ring (bicyclic) bond motifs is 1. The van der Waals surface area contributed by atoms with Crippen LogP contribution >= 0.6 is 0 Å². The van der Waals surface area contributed by atoms with Crippen LogP contribution in [-0.2, 0) is 10.0 Å². The maximum Gasteiger partial charge on any atom is 0.434 e. The summed E-state index contributed by atoms with van der Waals surface area (Å²) in [4.78, 5) is 11.3. The first-order valence-electron chi connectivity index (χ1n) is 4.22. The molecule has 0 saturated carbocycles. The minimum atomic E-state index is -3.62. The summed E-state index contributed by atoms with van der Waals surface area (Å²) in [5, 5.41) is 0. The molecule has 1 aromatic carbocycles. The lowest BCUT2D eigenvalue weighted by molar-refractivity contribution is 0.536. The molecule has 0 unspecified atom stereocenters. The van der Waals surface area contributed by atoms with Crippen LogP contribution in [0.2, 0.25) is 0 Å². The SMILES string of the molecule is Cc1ccc2oc(=O)n(S(C)(=O)=O)c2c1. The lowest BCUT2D eigenvalue weighted by atomic mass is 10.2. The van der Waals surface area contributed by atoms with Gasteiger partial charge >= 0.3 is 5.76 Å². The molecule has 80 valence electrons. The van der Waals surface area contributed by atoms with Crippen LogP contribution in [0.4, 0.5) is 0 Å². The van der Waals surface area contributed by atoms with Crippen LogP contribution in [0.25, 0.3) is 11.1 Å². The fraction of sp³-hybridized carbons (Fsp3) is 0.222. The van der Waals surface area contributed by atoms with Crippen molar-refractivity contribution >= 4 is 21.1 Å². The van der Waals surface area contributed by atoms with Gasteiger partial charge in [0, 0.05) is 0 Å². The number of aromatic nitrogens is 1. The molecular weight excluding hydrogens is 218 g/mol. The Balaban J connectivity index is 3.02. The molecule has 1 aromatic heterocycles. The second-order valence-corrected chi connectivity index (χ2v) is 5.20. The van der Waals surface area contributed by atoms with Crippen molar-refractivity contribution in [2.24, 2.45) is 0 Å². The summed E-state index contributed by atoms with van der Waals surface area (Å²) in [7, 11) is -3.62. The van der Waals surface area contributed by atoms with Gasteiger partial charge in [-0.15, -0.1) is 0 Å². The van der Waals surface area contributed by atoms with Gasteiger partial charge in [-0.1, -0.05) is 6.07 Å². The molecule has 0 amide bonds. The summed E-state index contributed by atoms with van der Waals surface area (Å²) in [6, 6.07) is 4.92. The number of hydrogen-bond donors (Lipinski definition) is 0. The standard InChI is InChI=1S/C9H9NO4S/c1-6-3-4-8-7(5-6)10(9(11)14-8)15(2,12)13/h3-5H,1-2H3. The summed E-state index contributed by atoms with van der Waals surface area (Å²) < 4.78 is 28.2. The van der Waals surface area contributed by atoms with Gasteiger partial charge in [0.05, 0.1) is 6.26 Å². The van der Waals surface area contributed by atoms with Crippen molar-refractivity contribution in [1.29, 1.82) is 0 Å². The Bertz CT molecular complexity index is 678. The first-order chi connectivity index (χ1) is 6.89. The van der Waals surface area contributed by atoms with E-state index in [4.69, 9.17) is 4.42 Å². The second kappa shape index (κ2) is 2.96. The summed E-state index contributed by atoms with van der Waals surface area (Å²) >= 11 is 0. The van der Waals surface area contributed by atoms with Crippen LogP contribution in [-0.4, -0.2) is 18.6 Å². The highest BCUT2D eigenvalue weighted by atomic mass is 32.2. The maximum atomic E-state index is 11.3. The van der Waals surface area contributed by atoms with E-state index in [0.717, 1.165) is 11.8 Å². The molecule has 6 heteroatoms. The first-order valence-corrected chi connectivity index (χ1v) is 6.07. The molecule has 0 aliphatic carbocycles. The Kier molecular flexibility index (Phi) is 1.97. The van der Waals surface area contributed by atoms with Gasteiger partial charge in [-0.3, -0.25) is 0 Å². The molecule has 2 rings (SSSR count). The zero-order valence-corrected chi connectivity index (χ0v) is 9.04. The Morgan fingerprint density at radius 3 is 2.60 bits per heavy atom. The number of nitrogens with zero attached hydrogens (tertiary/aromatic N) is 1. The van der Waals surface area contributed by atoms with E-state index in [-0.39, 0.29) is 11.1 Å². The van der Waals surface area contributed by atoms with Crippen LogP contribution in [0.1, 0.15) is 5.56 Å². The van der Waals surface area contributed by atoms with E-state index >= 15 is 0 Å². The van der Waals surface area contributed by atoms with Gasteiger partial charge in [0.25, 0.3) is 0 Å². The lowest BCUT2D eigenvalue weighted by Gasteiger charge is -1.97. The van der Waals surface area contributed by atoms with E-state index < -0.39 is 15.8 Å². The van der Waals surface area contributed by atoms with Crippen molar-refractivity contribution in [2.75, 3.05) is 6.26 Å². The van der Waals surface area contributed by atoms with Gasteiger partial charge in [-0.2, -0.15) is 3.97 Å². The Morgan fingerprint density at radius 2 is 2.00 bits per heavy atom. The highest BCUT2D eigenvalue weighted by molar-refractivity contribution is 7.89. The summed E-state index contributed by atoms with van der Waals surface area (Å²) in [5.41, 5.74) is 1.42. The van der Waals surface area contributed by atoms with Crippen LogP contribution < -0.4 is 5.76 Å². The number of benzene rings is 1. The van der Waals surface area contributed by atoms with Gasteiger partial charge < -0.3 is 4.42 Å². The minimum Gasteiger partial charge on any atom is -0.407 e. The van der Waals surface area contributed by atoms with Crippen molar-refractivity contribution in [2.45, 2.75) is 6.92 Å². The molecule has 0 atom stereocenters. The van der Waals surface area contributed by atoms with E-state index in [1.165, 1.54) is 0 Å². The maximum absolute atomic E-state index is 11.3. The molecule has 1 heterocycles. The summed E-state index contributed by atoms with van der Waals surface area (Å²) in [6.07, 6.45) is 0.964. The quantitative estimate of drug-likeness (QED) is 0.719. The van der Waals surface area contributed by atoms with Gasteiger partial charge in [-0.25, -0.2) is 13.2 Å². The van der Waals surface area contributed by atoms with Gasteiger partial charge in [-0.05, 0) is 24.6 Å². The third-order valence-electron chi connectivity index (χ3n) is 2.03. The van der Waals surface area contributed by atoms with Crippen molar-refractivity contribution in [1.82, 2.24) is 3.97 Å². The van der Waals surface area contributed by atoms with Crippen LogP contribution in [0, 0.1) is 6.92 Å². The molecule has 0 N–H and O–H groups in total. The van der Waals surface area contributed by atoms with E-state index in [1.54, 1.807) is 18.2 Å². The normalized spacial score (nSPS) is 12.1. The Labute approximate surface area is 86.0 Å². The molecule has 0 saturated heterocycles. The second-order valence-electron chi connectivity index (χ2n) is 3.37. The van der Waals surface area contributed by atoms with Crippen molar-refractivity contribution in [3.8, 4) is 0 Å². The third-order valence-corrected chi connectivity index (χ3v) is 3.04. The molecule has 5 nitrogen and oxygen atoms in total. The van der Waals surface area contributed by atoms with E-state index in [1.807, 2.05) is 6.92 Å². The summed E-state index contributed by atoms with van der Waals surface area (Å²) in [5.74, 6) is -0.877. The van der Waals surface area contributed by atoms with E-state index in [2.05, 4.69) is 0 Å². The molecule has 0 aliphatic heterocycles. The van der Waals surface area contributed by atoms with Gasteiger partial charge in [0.2, 0.25) is 10.0 Å².